The van der Waals surface area contributed by atoms with Crippen LogP contribution in [0.25, 0.3) is 0 Å². The smallest absolute Gasteiger partial charge is 0.328 e. The zero-order chi connectivity index (χ0) is 15.3. The van der Waals surface area contributed by atoms with Gasteiger partial charge in [0.05, 0.1) is 11.1 Å². The van der Waals surface area contributed by atoms with E-state index in [0.717, 1.165) is 0 Å². The molecule has 5 heteroatoms. The highest BCUT2D eigenvalue weighted by atomic mass is 16.6. The molecule has 0 bridgehead atoms. The molecule has 1 atom stereocenters. The van der Waals surface area contributed by atoms with Gasteiger partial charge in [0.25, 0.3) is 0 Å². The summed E-state index contributed by atoms with van der Waals surface area (Å²) in [6.45, 7) is 7.08. The Morgan fingerprint density at radius 1 is 1.25 bits per heavy atom. The van der Waals surface area contributed by atoms with E-state index in [1.807, 2.05) is 12.1 Å². The lowest BCUT2D eigenvalue weighted by atomic mass is 10.1. The Hall–Kier alpha value is -2.53. The van der Waals surface area contributed by atoms with Gasteiger partial charge in [-0.15, -0.1) is 0 Å². The molecule has 1 aromatic rings. The van der Waals surface area contributed by atoms with Crippen molar-refractivity contribution in [3.05, 3.63) is 29.3 Å². The largest absolute Gasteiger partial charge is 0.458 e. The van der Waals surface area contributed by atoms with Crippen LogP contribution in [0.4, 0.5) is 5.69 Å². The van der Waals surface area contributed by atoms with E-state index in [1.165, 1.54) is 0 Å². The van der Waals surface area contributed by atoms with Crippen molar-refractivity contribution in [2.24, 2.45) is 0 Å². The second kappa shape index (κ2) is 6.08. The lowest BCUT2D eigenvalue weighted by Crippen LogP contribution is -2.34. The third-order valence-corrected chi connectivity index (χ3v) is 2.40. The molecule has 0 saturated heterocycles. The van der Waals surface area contributed by atoms with Crippen LogP contribution in [0.3, 0.4) is 0 Å². The molecule has 0 aliphatic rings. The van der Waals surface area contributed by atoms with E-state index in [2.05, 4.69) is 5.32 Å². The Balaban J connectivity index is 2.82. The van der Waals surface area contributed by atoms with Gasteiger partial charge in [0.15, 0.2) is 0 Å². The van der Waals surface area contributed by atoms with Crippen LogP contribution in [0.15, 0.2) is 18.2 Å². The fourth-order valence-electron chi connectivity index (χ4n) is 1.52. The molecule has 0 aromatic heterocycles. The van der Waals surface area contributed by atoms with E-state index in [1.54, 1.807) is 45.9 Å². The number of anilines is 1. The molecule has 0 amide bonds. The summed E-state index contributed by atoms with van der Waals surface area (Å²) >= 11 is 0. The van der Waals surface area contributed by atoms with E-state index in [-0.39, 0.29) is 11.5 Å². The molecule has 1 N–H and O–H groups in total. The Kier molecular flexibility index (Phi) is 4.72. The lowest BCUT2D eigenvalue weighted by Gasteiger charge is -2.23. The molecule has 0 aliphatic heterocycles. The first-order chi connectivity index (χ1) is 9.26. The predicted octanol–water partition coefficient (Wildman–Crippen LogP) is 2.57. The fraction of sp³-hybridized carbons (Fsp3) is 0.400. The van der Waals surface area contributed by atoms with Crippen molar-refractivity contribution < 1.29 is 9.53 Å². The Morgan fingerprint density at radius 2 is 1.85 bits per heavy atom. The van der Waals surface area contributed by atoms with Crippen molar-refractivity contribution in [2.45, 2.75) is 39.3 Å². The number of carbonyl (C=O) groups excluding carboxylic acids is 1. The Bertz CT molecular complexity index is 589. The number of hydrogen-bond acceptors (Lipinski definition) is 5. The standard InChI is InChI=1S/C15H17N3O2/c1-10(14(19)20-15(2,3)4)18-13-6-5-11(8-16)12(7-13)9-17/h5-7,10,18H,1-4H3. The van der Waals surface area contributed by atoms with Crippen LogP contribution in [0.1, 0.15) is 38.8 Å². The minimum atomic E-state index is -0.547. The van der Waals surface area contributed by atoms with Crippen LogP contribution in [0.2, 0.25) is 0 Å². The van der Waals surface area contributed by atoms with Gasteiger partial charge in [-0.05, 0) is 45.9 Å². The summed E-state index contributed by atoms with van der Waals surface area (Å²) in [5, 5.41) is 20.7. The van der Waals surface area contributed by atoms with Gasteiger partial charge in [0, 0.05) is 5.69 Å². The number of nitrogens with zero attached hydrogens (tertiary/aromatic N) is 2. The molecule has 1 rings (SSSR count). The van der Waals surface area contributed by atoms with Crippen LogP contribution in [-0.4, -0.2) is 17.6 Å². The summed E-state index contributed by atoms with van der Waals surface area (Å²) < 4.78 is 5.25. The summed E-state index contributed by atoms with van der Waals surface area (Å²) in [5.41, 5.74) is 0.631. The Morgan fingerprint density at radius 3 is 2.35 bits per heavy atom. The molecule has 1 unspecified atom stereocenters. The third kappa shape index (κ3) is 4.29. The van der Waals surface area contributed by atoms with Crippen molar-refractivity contribution in [3.8, 4) is 12.1 Å². The number of ether oxygens (including phenoxy) is 1. The second-order valence-corrected chi connectivity index (χ2v) is 5.38. The van der Waals surface area contributed by atoms with E-state index < -0.39 is 11.6 Å². The summed E-state index contributed by atoms with van der Waals surface area (Å²) in [6, 6.07) is 8.08. The van der Waals surface area contributed by atoms with Gasteiger partial charge in [-0.3, -0.25) is 0 Å². The van der Waals surface area contributed by atoms with Crippen LogP contribution in [0, 0.1) is 22.7 Å². The lowest BCUT2D eigenvalue weighted by molar-refractivity contribution is -0.155. The maximum atomic E-state index is 11.8. The topological polar surface area (TPSA) is 85.9 Å². The van der Waals surface area contributed by atoms with Crippen LogP contribution >= 0.6 is 0 Å². The van der Waals surface area contributed by atoms with Gasteiger partial charge < -0.3 is 10.1 Å². The quantitative estimate of drug-likeness (QED) is 0.854. The zero-order valence-corrected chi connectivity index (χ0v) is 12.0. The first-order valence-corrected chi connectivity index (χ1v) is 6.20. The fourth-order valence-corrected chi connectivity index (χ4v) is 1.52. The highest BCUT2D eigenvalue weighted by Crippen LogP contribution is 2.16. The highest BCUT2D eigenvalue weighted by Gasteiger charge is 2.21. The molecule has 20 heavy (non-hydrogen) atoms. The summed E-state index contributed by atoms with van der Waals surface area (Å²) in [7, 11) is 0. The summed E-state index contributed by atoms with van der Waals surface area (Å²) in [4.78, 5) is 11.8. The molecular weight excluding hydrogens is 254 g/mol. The normalized spacial score (nSPS) is 11.9. The molecule has 5 nitrogen and oxygen atoms in total. The van der Waals surface area contributed by atoms with E-state index in [4.69, 9.17) is 15.3 Å². The van der Waals surface area contributed by atoms with Gasteiger partial charge in [0.1, 0.15) is 23.8 Å². The third-order valence-electron chi connectivity index (χ3n) is 2.40. The first kappa shape index (κ1) is 15.5. The molecule has 0 fully saturated rings. The average molecular weight is 271 g/mol. The summed E-state index contributed by atoms with van der Waals surface area (Å²) in [5.74, 6) is -0.375. The molecule has 0 aliphatic carbocycles. The minimum Gasteiger partial charge on any atom is -0.458 e. The van der Waals surface area contributed by atoms with Gasteiger partial charge in [-0.1, -0.05) is 0 Å². The molecule has 0 saturated carbocycles. The molecule has 0 spiro atoms. The minimum absolute atomic E-state index is 0.272. The molecule has 0 heterocycles. The number of esters is 1. The SMILES string of the molecule is CC(Nc1ccc(C#N)c(C#N)c1)C(=O)OC(C)(C)C. The number of rotatable bonds is 3. The number of nitriles is 2. The van der Waals surface area contributed by atoms with E-state index in [0.29, 0.717) is 11.3 Å². The van der Waals surface area contributed by atoms with Gasteiger partial charge in [0.2, 0.25) is 0 Å². The van der Waals surface area contributed by atoms with Gasteiger partial charge in [-0.25, -0.2) is 4.79 Å². The monoisotopic (exact) mass is 271 g/mol. The van der Waals surface area contributed by atoms with Gasteiger partial charge >= 0.3 is 5.97 Å². The van der Waals surface area contributed by atoms with Crippen molar-refractivity contribution in [3.63, 3.8) is 0 Å². The number of nitrogens with one attached hydrogen (secondary N) is 1. The summed E-state index contributed by atoms with van der Waals surface area (Å²) in [6.07, 6.45) is 0. The second-order valence-electron chi connectivity index (χ2n) is 5.38. The average Bonchev–Trinajstić information content (AvgIpc) is 2.36. The maximum absolute atomic E-state index is 11.8. The highest BCUT2D eigenvalue weighted by molar-refractivity contribution is 5.79. The molecule has 1 aromatic carbocycles. The van der Waals surface area contributed by atoms with Crippen LogP contribution in [0.5, 0.6) is 0 Å². The number of benzene rings is 1. The van der Waals surface area contributed by atoms with Crippen molar-refractivity contribution in [1.82, 2.24) is 0 Å². The van der Waals surface area contributed by atoms with Crippen LogP contribution < -0.4 is 5.32 Å². The van der Waals surface area contributed by atoms with Crippen molar-refractivity contribution >= 4 is 11.7 Å². The zero-order valence-electron chi connectivity index (χ0n) is 12.0. The van der Waals surface area contributed by atoms with Crippen molar-refractivity contribution in [2.75, 3.05) is 5.32 Å². The van der Waals surface area contributed by atoms with Crippen molar-refractivity contribution in [1.29, 1.82) is 10.5 Å². The van der Waals surface area contributed by atoms with E-state index >= 15 is 0 Å². The first-order valence-electron chi connectivity index (χ1n) is 6.20. The van der Waals surface area contributed by atoms with Gasteiger partial charge in [-0.2, -0.15) is 10.5 Å². The van der Waals surface area contributed by atoms with Crippen LogP contribution in [-0.2, 0) is 9.53 Å². The number of hydrogen-bond donors (Lipinski definition) is 1. The Labute approximate surface area is 118 Å². The maximum Gasteiger partial charge on any atom is 0.328 e. The van der Waals surface area contributed by atoms with E-state index in [9.17, 15) is 4.79 Å². The number of carbonyl (C=O) groups is 1. The predicted molar refractivity (Wildman–Crippen MR) is 74.8 cm³/mol. The molecular formula is C15H17N3O2. The molecule has 0 radical (unpaired) electrons. The molecule has 104 valence electrons.